The van der Waals surface area contributed by atoms with Gasteiger partial charge in [-0.15, -0.1) is 0 Å². The summed E-state index contributed by atoms with van der Waals surface area (Å²) in [7, 11) is 0. The van der Waals surface area contributed by atoms with E-state index in [9.17, 15) is 14.4 Å². The van der Waals surface area contributed by atoms with Gasteiger partial charge in [0.25, 0.3) is 0 Å². The van der Waals surface area contributed by atoms with Crippen LogP contribution >= 0.6 is 0 Å². The number of nitrogens with one attached hydrogen (secondary N) is 2. The van der Waals surface area contributed by atoms with E-state index in [1.54, 1.807) is 13.8 Å². The van der Waals surface area contributed by atoms with Crippen molar-refractivity contribution in [3.8, 4) is 11.1 Å². The number of carbonyl (C=O) groups is 3. The number of aliphatic carboxylic acids is 1. The van der Waals surface area contributed by atoms with Crippen molar-refractivity contribution in [2.45, 2.75) is 59.4 Å². The average Bonchev–Trinajstić information content (AvgIpc) is 3.08. The van der Waals surface area contributed by atoms with Crippen LogP contribution in [-0.4, -0.2) is 42.3 Å². The van der Waals surface area contributed by atoms with Crippen molar-refractivity contribution in [2.24, 2.45) is 10.8 Å². The largest absolute Gasteiger partial charge is 0.481 e. The van der Waals surface area contributed by atoms with Crippen molar-refractivity contribution in [3.05, 3.63) is 59.7 Å². The maximum absolute atomic E-state index is 12.9. The number of rotatable bonds is 9. The Hall–Kier alpha value is -3.35. The van der Waals surface area contributed by atoms with Gasteiger partial charge in [-0.05, 0) is 39.5 Å². The number of amides is 2. The predicted molar refractivity (Wildman–Crippen MR) is 135 cm³/mol. The number of benzene rings is 2. The Balaban J connectivity index is 1.65. The SMILES string of the molecule is CC(C)(C)CC(NC(=O)OCC1c2ccccc2-c2ccccc21)C(=O)NCC(C)(C)CC(=O)O. The summed E-state index contributed by atoms with van der Waals surface area (Å²) >= 11 is 0. The minimum atomic E-state index is -0.924. The Bertz CT molecular complexity index is 1040. The highest BCUT2D eigenvalue weighted by Gasteiger charge is 2.32. The van der Waals surface area contributed by atoms with Crippen LogP contribution in [-0.2, 0) is 14.3 Å². The Kier molecular flexibility index (Phi) is 7.88. The lowest BCUT2D eigenvalue weighted by Crippen LogP contribution is -2.50. The molecule has 1 aliphatic rings. The molecule has 35 heavy (non-hydrogen) atoms. The van der Waals surface area contributed by atoms with Gasteiger partial charge in [0, 0.05) is 12.5 Å². The van der Waals surface area contributed by atoms with Crippen LogP contribution in [0.5, 0.6) is 0 Å². The second kappa shape index (κ2) is 10.5. The molecule has 2 aromatic carbocycles. The number of carbonyl (C=O) groups excluding carboxylic acids is 2. The number of carboxylic acid groups (broad SMARTS) is 1. The van der Waals surface area contributed by atoms with Gasteiger partial charge in [0.05, 0.1) is 6.42 Å². The first-order chi connectivity index (χ1) is 16.4. The zero-order valence-corrected chi connectivity index (χ0v) is 21.2. The standard InChI is InChI=1S/C28H36N2O5/c1-27(2,3)14-23(25(33)29-17-28(4,5)15-24(31)32)30-26(34)35-16-22-20-12-8-6-10-18(20)19-11-7-9-13-21(19)22/h6-13,22-23H,14-17H2,1-5H3,(H,29,33)(H,30,34)(H,31,32). The van der Waals surface area contributed by atoms with Crippen LogP contribution in [0.3, 0.4) is 0 Å². The summed E-state index contributed by atoms with van der Waals surface area (Å²) in [6, 6.07) is 15.4. The molecular formula is C28H36N2O5. The monoisotopic (exact) mass is 480 g/mol. The molecule has 0 saturated carbocycles. The van der Waals surface area contributed by atoms with Crippen molar-refractivity contribution in [3.63, 3.8) is 0 Å². The lowest BCUT2D eigenvalue weighted by atomic mass is 9.87. The van der Waals surface area contributed by atoms with Gasteiger partial charge in [0.2, 0.25) is 5.91 Å². The van der Waals surface area contributed by atoms with Crippen molar-refractivity contribution in [1.82, 2.24) is 10.6 Å². The van der Waals surface area contributed by atoms with E-state index in [2.05, 4.69) is 34.9 Å². The molecule has 3 rings (SSSR count). The van der Waals surface area contributed by atoms with E-state index in [4.69, 9.17) is 9.84 Å². The summed E-state index contributed by atoms with van der Waals surface area (Å²) in [6.45, 7) is 9.86. The first-order valence-corrected chi connectivity index (χ1v) is 12.0. The minimum Gasteiger partial charge on any atom is -0.481 e. The summed E-state index contributed by atoms with van der Waals surface area (Å²) in [5.74, 6) is -1.35. The second-order valence-electron chi connectivity index (χ2n) is 11.2. The maximum Gasteiger partial charge on any atom is 0.407 e. The van der Waals surface area contributed by atoms with Crippen molar-refractivity contribution in [1.29, 1.82) is 0 Å². The Morgan fingerprint density at radius 2 is 1.49 bits per heavy atom. The highest BCUT2D eigenvalue weighted by Crippen LogP contribution is 2.44. The van der Waals surface area contributed by atoms with E-state index in [1.165, 1.54) is 0 Å². The molecule has 0 spiro atoms. The molecule has 0 fully saturated rings. The average molecular weight is 481 g/mol. The molecule has 0 aliphatic heterocycles. The molecule has 0 radical (unpaired) electrons. The van der Waals surface area contributed by atoms with Gasteiger partial charge >= 0.3 is 12.1 Å². The number of fused-ring (bicyclic) bond motifs is 3. The van der Waals surface area contributed by atoms with Crippen LogP contribution in [0.25, 0.3) is 11.1 Å². The third-order valence-corrected chi connectivity index (χ3v) is 6.14. The summed E-state index contributed by atoms with van der Waals surface area (Å²) in [4.78, 5) is 36.8. The molecule has 0 bridgehead atoms. The number of alkyl carbamates (subject to hydrolysis) is 1. The van der Waals surface area contributed by atoms with Gasteiger partial charge in [-0.1, -0.05) is 83.1 Å². The fourth-order valence-corrected chi connectivity index (χ4v) is 4.53. The van der Waals surface area contributed by atoms with Crippen LogP contribution in [0.2, 0.25) is 0 Å². The van der Waals surface area contributed by atoms with Crippen molar-refractivity contribution >= 4 is 18.0 Å². The van der Waals surface area contributed by atoms with Crippen LogP contribution in [0.4, 0.5) is 4.79 Å². The summed E-state index contributed by atoms with van der Waals surface area (Å²) in [5.41, 5.74) is 3.68. The third-order valence-electron chi connectivity index (χ3n) is 6.14. The third kappa shape index (κ3) is 7.07. The van der Waals surface area contributed by atoms with Crippen molar-refractivity contribution < 1.29 is 24.2 Å². The van der Waals surface area contributed by atoms with Crippen LogP contribution in [0.1, 0.15) is 64.5 Å². The first kappa shape index (κ1) is 26.3. The van der Waals surface area contributed by atoms with E-state index in [-0.39, 0.29) is 36.8 Å². The topological polar surface area (TPSA) is 105 Å². The van der Waals surface area contributed by atoms with E-state index < -0.39 is 23.5 Å². The van der Waals surface area contributed by atoms with Gasteiger partial charge in [-0.3, -0.25) is 9.59 Å². The quantitative estimate of drug-likeness (QED) is 0.471. The molecule has 2 aromatic rings. The Morgan fingerprint density at radius 3 is 2.00 bits per heavy atom. The van der Waals surface area contributed by atoms with E-state index in [0.717, 1.165) is 22.3 Å². The fraction of sp³-hybridized carbons (Fsp3) is 0.464. The van der Waals surface area contributed by atoms with Gasteiger partial charge in [-0.2, -0.15) is 0 Å². The molecule has 1 aliphatic carbocycles. The smallest absolute Gasteiger partial charge is 0.407 e. The second-order valence-corrected chi connectivity index (χ2v) is 11.2. The highest BCUT2D eigenvalue weighted by molar-refractivity contribution is 5.86. The number of hydrogen-bond donors (Lipinski definition) is 3. The molecule has 188 valence electrons. The van der Waals surface area contributed by atoms with Gasteiger partial charge < -0.3 is 20.5 Å². The van der Waals surface area contributed by atoms with E-state index in [1.807, 2.05) is 45.0 Å². The zero-order chi connectivity index (χ0) is 25.8. The molecule has 1 unspecified atom stereocenters. The first-order valence-electron chi connectivity index (χ1n) is 12.0. The molecule has 0 aromatic heterocycles. The maximum atomic E-state index is 12.9. The summed E-state index contributed by atoms with van der Waals surface area (Å²) in [5, 5.41) is 14.6. The molecule has 3 N–H and O–H groups in total. The van der Waals surface area contributed by atoms with Gasteiger partial charge in [0.1, 0.15) is 12.6 Å². The molecule has 7 nitrogen and oxygen atoms in total. The molecule has 0 heterocycles. The predicted octanol–water partition coefficient (Wildman–Crippen LogP) is 4.95. The fourth-order valence-electron chi connectivity index (χ4n) is 4.53. The Morgan fingerprint density at radius 1 is 0.943 bits per heavy atom. The molecular weight excluding hydrogens is 444 g/mol. The van der Waals surface area contributed by atoms with Gasteiger partial charge in [0.15, 0.2) is 0 Å². The minimum absolute atomic E-state index is 0.0696. The summed E-state index contributed by atoms with van der Waals surface area (Å²) < 4.78 is 5.63. The lowest BCUT2D eigenvalue weighted by molar-refractivity contribution is -0.139. The van der Waals surface area contributed by atoms with Crippen LogP contribution in [0, 0.1) is 10.8 Å². The molecule has 2 amide bonds. The van der Waals surface area contributed by atoms with Gasteiger partial charge in [-0.25, -0.2) is 4.79 Å². The van der Waals surface area contributed by atoms with Crippen LogP contribution < -0.4 is 10.6 Å². The normalized spacial score (nSPS) is 14.0. The van der Waals surface area contributed by atoms with Crippen molar-refractivity contribution in [2.75, 3.05) is 13.2 Å². The number of hydrogen-bond acceptors (Lipinski definition) is 4. The highest BCUT2D eigenvalue weighted by atomic mass is 16.5. The molecule has 1 atom stereocenters. The zero-order valence-electron chi connectivity index (χ0n) is 21.2. The molecule has 7 heteroatoms. The summed E-state index contributed by atoms with van der Waals surface area (Å²) in [6.07, 6.45) is -0.319. The van der Waals surface area contributed by atoms with E-state index in [0.29, 0.717) is 6.42 Å². The van der Waals surface area contributed by atoms with E-state index >= 15 is 0 Å². The molecule has 0 saturated heterocycles. The number of ether oxygens (including phenoxy) is 1. The van der Waals surface area contributed by atoms with Crippen LogP contribution in [0.15, 0.2) is 48.5 Å². The lowest BCUT2D eigenvalue weighted by Gasteiger charge is -2.28. The number of carboxylic acids is 1. The Labute approximate surface area is 207 Å².